The molecule has 1 heterocycles. The van der Waals surface area contributed by atoms with Gasteiger partial charge >= 0.3 is 5.97 Å². The van der Waals surface area contributed by atoms with Crippen LogP contribution in [0.3, 0.4) is 0 Å². The normalized spacial score (nSPS) is 10.8. The molecule has 0 unspecified atom stereocenters. The average Bonchev–Trinajstić information content (AvgIpc) is 2.93. The summed E-state index contributed by atoms with van der Waals surface area (Å²) in [6, 6.07) is 9.41. The molecular weight excluding hydrogens is 244 g/mol. The van der Waals surface area contributed by atoms with Gasteiger partial charge in [0.05, 0.1) is 0 Å². The first-order valence-corrected chi connectivity index (χ1v) is 6.00. The Bertz CT molecular complexity index is 561. The van der Waals surface area contributed by atoms with Crippen molar-refractivity contribution in [1.82, 2.24) is 10.2 Å². The van der Waals surface area contributed by atoms with Crippen molar-refractivity contribution < 1.29 is 13.9 Å². The fourth-order valence-electron chi connectivity index (χ4n) is 1.40. The summed E-state index contributed by atoms with van der Waals surface area (Å²) in [6.07, 6.45) is 3.90. The summed E-state index contributed by atoms with van der Waals surface area (Å²) in [5.41, 5.74) is 0.832. The van der Waals surface area contributed by atoms with Crippen LogP contribution in [0.5, 0.6) is 0 Å². The molecule has 0 amide bonds. The molecule has 0 aliphatic heterocycles. The van der Waals surface area contributed by atoms with Gasteiger partial charge in [0, 0.05) is 11.6 Å². The lowest BCUT2D eigenvalue weighted by molar-refractivity contribution is -0.139. The molecule has 0 saturated carbocycles. The average molecular weight is 258 g/mol. The summed E-state index contributed by atoms with van der Waals surface area (Å²) in [6.45, 7) is 1.92. The van der Waals surface area contributed by atoms with E-state index in [-0.39, 0.29) is 12.5 Å². The number of carbonyl (C=O) groups excluding carboxylic acids is 1. The van der Waals surface area contributed by atoms with E-state index in [1.165, 1.54) is 6.08 Å². The van der Waals surface area contributed by atoms with Crippen molar-refractivity contribution in [3.8, 4) is 11.5 Å². The van der Waals surface area contributed by atoms with Crippen LogP contribution < -0.4 is 0 Å². The second-order valence-corrected chi connectivity index (χ2v) is 3.79. The molecule has 0 spiro atoms. The van der Waals surface area contributed by atoms with Gasteiger partial charge in [0.1, 0.15) is 0 Å². The summed E-state index contributed by atoms with van der Waals surface area (Å²) >= 11 is 0. The molecule has 0 saturated heterocycles. The van der Waals surface area contributed by atoms with Gasteiger partial charge in [0.25, 0.3) is 5.89 Å². The summed E-state index contributed by atoms with van der Waals surface area (Å²) < 4.78 is 10.4. The van der Waals surface area contributed by atoms with Crippen molar-refractivity contribution >= 4 is 5.97 Å². The predicted molar refractivity (Wildman–Crippen MR) is 69.0 cm³/mol. The standard InChI is InChI=1S/C14H14N2O3/c1-2-3-9-13(17)18-10-12-15-16-14(19-12)11-7-5-4-6-8-11/h3-9H,2,10H2,1H3/b9-3+. The van der Waals surface area contributed by atoms with Gasteiger partial charge in [-0.25, -0.2) is 4.79 Å². The Labute approximate surface area is 110 Å². The largest absolute Gasteiger partial charge is 0.452 e. The van der Waals surface area contributed by atoms with Gasteiger partial charge in [0.2, 0.25) is 5.89 Å². The van der Waals surface area contributed by atoms with E-state index in [9.17, 15) is 4.79 Å². The molecule has 0 fully saturated rings. The SMILES string of the molecule is CC/C=C/C(=O)OCc1nnc(-c2ccccc2)o1. The fraction of sp³-hybridized carbons (Fsp3) is 0.214. The van der Waals surface area contributed by atoms with Gasteiger partial charge in [-0.2, -0.15) is 0 Å². The number of hydrogen-bond donors (Lipinski definition) is 0. The predicted octanol–water partition coefficient (Wildman–Crippen LogP) is 2.75. The molecule has 19 heavy (non-hydrogen) atoms. The summed E-state index contributed by atoms with van der Waals surface area (Å²) in [7, 11) is 0. The zero-order valence-electron chi connectivity index (χ0n) is 10.6. The van der Waals surface area contributed by atoms with Crippen LogP contribution in [-0.2, 0) is 16.1 Å². The number of nitrogens with zero attached hydrogens (tertiary/aromatic N) is 2. The second-order valence-electron chi connectivity index (χ2n) is 3.79. The Balaban J connectivity index is 1.95. The monoisotopic (exact) mass is 258 g/mol. The second kappa shape index (κ2) is 6.49. The van der Waals surface area contributed by atoms with E-state index in [0.29, 0.717) is 5.89 Å². The van der Waals surface area contributed by atoms with Crippen LogP contribution in [0.15, 0.2) is 46.9 Å². The van der Waals surface area contributed by atoms with Crippen LogP contribution in [0.1, 0.15) is 19.2 Å². The minimum absolute atomic E-state index is 0.0211. The molecule has 0 N–H and O–H groups in total. The third-order valence-electron chi connectivity index (χ3n) is 2.32. The Morgan fingerprint density at radius 3 is 2.84 bits per heavy atom. The van der Waals surface area contributed by atoms with Crippen molar-refractivity contribution in [3.05, 3.63) is 48.4 Å². The van der Waals surface area contributed by atoms with Gasteiger partial charge in [0.15, 0.2) is 6.61 Å². The molecule has 0 radical (unpaired) electrons. The maximum Gasteiger partial charge on any atom is 0.330 e. The Morgan fingerprint density at radius 2 is 2.11 bits per heavy atom. The van der Waals surface area contributed by atoms with E-state index < -0.39 is 5.97 Å². The molecule has 1 aromatic heterocycles. The van der Waals surface area contributed by atoms with Gasteiger partial charge in [-0.3, -0.25) is 0 Å². The summed E-state index contributed by atoms with van der Waals surface area (Å²) in [5, 5.41) is 7.73. The number of ether oxygens (including phenoxy) is 1. The number of benzene rings is 1. The zero-order valence-corrected chi connectivity index (χ0v) is 10.6. The maximum absolute atomic E-state index is 11.3. The van der Waals surface area contributed by atoms with E-state index >= 15 is 0 Å². The van der Waals surface area contributed by atoms with Crippen LogP contribution in [0.25, 0.3) is 11.5 Å². The van der Waals surface area contributed by atoms with Crippen LogP contribution in [0.2, 0.25) is 0 Å². The molecule has 98 valence electrons. The lowest BCUT2D eigenvalue weighted by Gasteiger charge is -1.96. The Hall–Kier alpha value is -2.43. The molecule has 0 bridgehead atoms. The lowest BCUT2D eigenvalue weighted by Crippen LogP contribution is -2.00. The van der Waals surface area contributed by atoms with E-state index in [4.69, 9.17) is 9.15 Å². The molecule has 0 aliphatic rings. The molecule has 2 aromatic rings. The lowest BCUT2D eigenvalue weighted by atomic mass is 10.2. The molecule has 0 aliphatic carbocycles. The minimum atomic E-state index is -0.415. The third kappa shape index (κ3) is 3.77. The van der Waals surface area contributed by atoms with Crippen LogP contribution in [-0.4, -0.2) is 16.2 Å². The van der Waals surface area contributed by atoms with Gasteiger partial charge < -0.3 is 9.15 Å². The van der Waals surface area contributed by atoms with Crippen molar-refractivity contribution in [2.45, 2.75) is 20.0 Å². The molecule has 2 rings (SSSR count). The summed E-state index contributed by atoms with van der Waals surface area (Å²) in [5.74, 6) is 0.272. The Kier molecular flexibility index (Phi) is 4.44. The Morgan fingerprint density at radius 1 is 1.32 bits per heavy atom. The quantitative estimate of drug-likeness (QED) is 0.609. The van der Waals surface area contributed by atoms with Crippen LogP contribution in [0, 0.1) is 0 Å². The number of esters is 1. The van der Waals surface area contributed by atoms with Crippen LogP contribution >= 0.6 is 0 Å². The highest BCUT2D eigenvalue weighted by Crippen LogP contribution is 2.17. The number of rotatable bonds is 5. The smallest absolute Gasteiger partial charge is 0.330 e. The first kappa shape index (κ1) is 13.0. The van der Waals surface area contributed by atoms with E-state index in [2.05, 4.69) is 10.2 Å². The first-order chi connectivity index (χ1) is 9.29. The van der Waals surface area contributed by atoms with Crippen molar-refractivity contribution in [1.29, 1.82) is 0 Å². The van der Waals surface area contributed by atoms with E-state index in [1.54, 1.807) is 6.08 Å². The summed E-state index contributed by atoms with van der Waals surface area (Å²) in [4.78, 5) is 11.3. The first-order valence-electron chi connectivity index (χ1n) is 6.00. The number of hydrogen-bond acceptors (Lipinski definition) is 5. The third-order valence-corrected chi connectivity index (χ3v) is 2.32. The maximum atomic E-state index is 11.3. The molecular formula is C14H14N2O3. The van der Waals surface area contributed by atoms with Crippen LogP contribution in [0.4, 0.5) is 0 Å². The number of allylic oxidation sites excluding steroid dienone is 1. The highest BCUT2D eigenvalue weighted by atomic mass is 16.5. The van der Waals surface area contributed by atoms with Crippen molar-refractivity contribution in [2.24, 2.45) is 0 Å². The molecule has 5 heteroatoms. The van der Waals surface area contributed by atoms with Gasteiger partial charge in [-0.15, -0.1) is 10.2 Å². The number of aromatic nitrogens is 2. The molecule has 5 nitrogen and oxygen atoms in total. The van der Waals surface area contributed by atoms with E-state index in [0.717, 1.165) is 12.0 Å². The molecule has 1 aromatic carbocycles. The molecule has 0 atom stereocenters. The zero-order chi connectivity index (χ0) is 13.5. The van der Waals surface area contributed by atoms with Crippen molar-refractivity contribution in [2.75, 3.05) is 0 Å². The van der Waals surface area contributed by atoms with E-state index in [1.807, 2.05) is 37.3 Å². The van der Waals surface area contributed by atoms with Crippen molar-refractivity contribution in [3.63, 3.8) is 0 Å². The topological polar surface area (TPSA) is 65.2 Å². The highest BCUT2D eigenvalue weighted by molar-refractivity contribution is 5.81. The van der Waals surface area contributed by atoms with Gasteiger partial charge in [-0.05, 0) is 18.6 Å². The fourth-order valence-corrected chi connectivity index (χ4v) is 1.40. The minimum Gasteiger partial charge on any atom is -0.452 e. The number of carbonyl (C=O) groups is 1. The highest BCUT2D eigenvalue weighted by Gasteiger charge is 2.09. The van der Waals surface area contributed by atoms with Gasteiger partial charge in [-0.1, -0.05) is 31.2 Å².